The van der Waals surface area contributed by atoms with Gasteiger partial charge in [0.2, 0.25) is 5.88 Å². The molecule has 0 radical (unpaired) electrons. The summed E-state index contributed by atoms with van der Waals surface area (Å²) in [5, 5.41) is 11.1. The summed E-state index contributed by atoms with van der Waals surface area (Å²) in [4.78, 5) is 6.93. The summed E-state index contributed by atoms with van der Waals surface area (Å²) >= 11 is 0. The summed E-state index contributed by atoms with van der Waals surface area (Å²) in [5.41, 5.74) is 3.72. The van der Waals surface area contributed by atoms with Gasteiger partial charge in [-0.05, 0) is 54.7 Å². The first-order valence-electron chi connectivity index (χ1n) is 12.1. The molecule has 1 aliphatic carbocycles. The van der Waals surface area contributed by atoms with Crippen molar-refractivity contribution in [3.8, 4) is 5.88 Å². The van der Waals surface area contributed by atoms with Crippen molar-refractivity contribution in [1.29, 1.82) is 0 Å². The molecule has 1 atom stereocenters. The van der Waals surface area contributed by atoms with Gasteiger partial charge in [0.25, 0.3) is 0 Å². The lowest BCUT2D eigenvalue weighted by Crippen LogP contribution is -2.45. The van der Waals surface area contributed by atoms with Gasteiger partial charge in [0.1, 0.15) is 11.9 Å². The van der Waals surface area contributed by atoms with E-state index in [2.05, 4.69) is 40.2 Å². The van der Waals surface area contributed by atoms with E-state index in [4.69, 9.17) is 9.47 Å². The second-order valence-corrected chi connectivity index (χ2v) is 9.31. The minimum Gasteiger partial charge on any atom is -0.438 e. The highest BCUT2D eigenvalue weighted by atomic mass is 16.5. The fourth-order valence-corrected chi connectivity index (χ4v) is 4.99. The Hall–Kier alpha value is -2.99. The first-order valence-corrected chi connectivity index (χ1v) is 12.1. The number of aromatic nitrogens is 1. The van der Waals surface area contributed by atoms with Gasteiger partial charge >= 0.3 is 0 Å². The Balaban J connectivity index is 1.26. The van der Waals surface area contributed by atoms with E-state index in [0.717, 1.165) is 67.8 Å². The van der Waals surface area contributed by atoms with Crippen molar-refractivity contribution in [2.75, 3.05) is 26.7 Å². The zero-order valence-corrected chi connectivity index (χ0v) is 19.7. The van der Waals surface area contributed by atoms with Gasteiger partial charge in [-0.25, -0.2) is 4.98 Å². The summed E-state index contributed by atoms with van der Waals surface area (Å²) < 4.78 is 11.8. The standard InChI is InChI=1S/C29H32N2O3/c1-33-26-12-5-13-27-25(26)20-23(24-11-6-16-30-28(24)34-27)10-7-17-31-18-14-29(32,15-19-31)21-22-8-3-2-4-9-22/h2-6,8-13,16,20,26,32H,7,14-15,17-19,21H2,1H3. The molecule has 0 bridgehead atoms. The number of benzene rings is 1. The number of aliphatic hydroxyl groups is 1. The summed E-state index contributed by atoms with van der Waals surface area (Å²) in [7, 11) is 1.72. The Labute approximate surface area is 201 Å². The van der Waals surface area contributed by atoms with E-state index in [1.54, 1.807) is 13.3 Å². The Bertz CT molecular complexity index is 1130. The number of ether oxygens (including phenoxy) is 2. The van der Waals surface area contributed by atoms with Gasteiger partial charge in [-0.15, -0.1) is 0 Å². The molecule has 176 valence electrons. The van der Waals surface area contributed by atoms with Crippen LogP contribution in [0.25, 0.3) is 5.57 Å². The van der Waals surface area contributed by atoms with Crippen molar-refractivity contribution in [1.82, 2.24) is 9.88 Å². The Morgan fingerprint density at radius 2 is 2.00 bits per heavy atom. The second kappa shape index (κ2) is 10.1. The van der Waals surface area contributed by atoms with Crippen molar-refractivity contribution in [3.63, 3.8) is 0 Å². The molecular formula is C29H32N2O3. The van der Waals surface area contributed by atoms with Gasteiger partial charge in [-0.3, -0.25) is 0 Å². The molecule has 1 aromatic carbocycles. The molecule has 1 N–H and O–H groups in total. The van der Waals surface area contributed by atoms with E-state index < -0.39 is 5.60 Å². The van der Waals surface area contributed by atoms with E-state index in [1.807, 2.05) is 42.5 Å². The Morgan fingerprint density at radius 1 is 1.18 bits per heavy atom. The Morgan fingerprint density at radius 3 is 2.79 bits per heavy atom. The third-order valence-electron chi connectivity index (χ3n) is 6.95. The highest BCUT2D eigenvalue weighted by Gasteiger charge is 2.32. The number of allylic oxidation sites excluding steroid dienone is 4. The lowest BCUT2D eigenvalue weighted by molar-refractivity contribution is -0.0201. The summed E-state index contributed by atoms with van der Waals surface area (Å²) in [6, 6.07) is 14.3. The van der Waals surface area contributed by atoms with Crippen LogP contribution < -0.4 is 4.74 Å². The second-order valence-electron chi connectivity index (χ2n) is 9.31. The molecule has 1 aromatic heterocycles. The molecular weight excluding hydrogens is 424 g/mol. The summed E-state index contributed by atoms with van der Waals surface area (Å²) in [6.45, 7) is 2.79. The minimum absolute atomic E-state index is 0.137. The predicted molar refractivity (Wildman–Crippen MR) is 134 cm³/mol. The molecule has 3 heterocycles. The topological polar surface area (TPSA) is 54.8 Å². The average molecular weight is 457 g/mol. The number of hydrogen-bond donors (Lipinski definition) is 1. The van der Waals surface area contributed by atoms with Crippen LogP contribution in [0.2, 0.25) is 0 Å². The number of piperidine rings is 1. The first-order chi connectivity index (χ1) is 16.6. The van der Waals surface area contributed by atoms with Gasteiger partial charge in [0.15, 0.2) is 0 Å². The van der Waals surface area contributed by atoms with E-state index in [9.17, 15) is 5.11 Å². The largest absolute Gasteiger partial charge is 0.438 e. The van der Waals surface area contributed by atoms with Crippen LogP contribution >= 0.6 is 0 Å². The highest BCUT2D eigenvalue weighted by molar-refractivity contribution is 5.80. The number of rotatable bonds is 6. The molecule has 1 unspecified atom stereocenters. The lowest BCUT2D eigenvalue weighted by Gasteiger charge is -2.38. The van der Waals surface area contributed by atoms with Crippen molar-refractivity contribution in [3.05, 3.63) is 102 Å². The van der Waals surface area contributed by atoms with Crippen LogP contribution in [0, 0.1) is 0 Å². The van der Waals surface area contributed by atoms with Crippen LogP contribution in [0.1, 0.15) is 30.4 Å². The monoisotopic (exact) mass is 456 g/mol. The average Bonchev–Trinajstić information content (AvgIpc) is 3.02. The minimum atomic E-state index is -0.601. The lowest BCUT2D eigenvalue weighted by atomic mass is 9.85. The van der Waals surface area contributed by atoms with Gasteiger partial charge in [-0.2, -0.15) is 0 Å². The van der Waals surface area contributed by atoms with Crippen LogP contribution in [0.3, 0.4) is 0 Å². The van der Waals surface area contributed by atoms with E-state index in [-0.39, 0.29) is 6.10 Å². The molecule has 34 heavy (non-hydrogen) atoms. The first kappa shape index (κ1) is 22.8. The normalized spacial score (nSPS) is 22.8. The fraction of sp³-hybridized carbons (Fsp3) is 0.345. The number of hydrogen-bond acceptors (Lipinski definition) is 5. The molecule has 0 spiro atoms. The number of likely N-dealkylation sites (tertiary alicyclic amines) is 1. The van der Waals surface area contributed by atoms with Crippen LogP contribution in [0.5, 0.6) is 5.88 Å². The SMILES string of the molecule is COC1C=CC=C2Oc3ncccc3C(=CCCN3CCC(O)(Cc4ccccc4)CC3)C=C21. The molecule has 1 saturated heterocycles. The van der Waals surface area contributed by atoms with Crippen molar-refractivity contribution in [2.45, 2.75) is 37.4 Å². The zero-order valence-electron chi connectivity index (χ0n) is 19.7. The fourth-order valence-electron chi connectivity index (χ4n) is 4.99. The van der Waals surface area contributed by atoms with Gasteiger partial charge in [-0.1, -0.05) is 48.6 Å². The Kier molecular flexibility index (Phi) is 6.77. The van der Waals surface area contributed by atoms with Gasteiger partial charge < -0.3 is 19.5 Å². The van der Waals surface area contributed by atoms with E-state index in [0.29, 0.717) is 5.88 Å². The number of nitrogens with zero attached hydrogens (tertiary/aromatic N) is 2. The van der Waals surface area contributed by atoms with Crippen molar-refractivity contribution < 1.29 is 14.6 Å². The molecule has 1 fully saturated rings. The van der Waals surface area contributed by atoms with Crippen LogP contribution in [0.4, 0.5) is 0 Å². The maximum Gasteiger partial charge on any atom is 0.227 e. The van der Waals surface area contributed by atoms with Crippen molar-refractivity contribution in [2.24, 2.45) is 0 Å². The number of fused-ring (bicyclic) bond motifs is 2. The summed E-state index contributed by atoms with van der Waals surface area (Å²) in [5.74, 6) is 1.41. The summed E-state index contributed by atoms with van der Waals surface area (Å²) in [6.07, 6.45) is 15.3. The highest BCUT2D eigenvalue weighted by Crippen LogP contribution is 2.36. The van der Waals surface area contributed by atoms with Gasteiger partial charge in [0.05, 0.1) is 5.60 Å². The van der Waals surface area contributed by atoms with Crippen LogP contribution in [-0.2, 0) is 11.2 Å². The van der Waals surface area contributed by atoms with Gasteiger partial charge in [0, 0.05) is 50.5 Å². The maximum atomic E-state index is 11.1. The smallest absolute Gasteiger partial charge is 0.227 e. The van der Waals surface area contributed by atoms with E-state index >= 15 is 0 Å². The molecule has 3 aliphatic rings. The molecule has 0 saturated carbocycles. The van der Waals surface area contributed by atoms with Crippen LogP contribution in [-0.4, -0.2) is 53.4 Å². The number of methoxy groups -OCH3 is 1. The third-order valence-corrected chi connectivity index (χ3v) is 6.95. The molecule has 5 heteroatoms. The third kappa shape index (κ3) is 5.07. The predicted octanol–water partition coefficient (Wildman–Crippen LogP) is 4.71. The molecule has 5 rings (SSSR count). The van der Waals surface area contributed by atoms with Crippen molar-refractivity contribution >= 4 is 5.57 Å². The quantitative estimate of drug-likeness (QED) is 0.682. The molecule has 0 amide bonds. The number of pyridine rings is 1. The zero-order chi connectivity index (χ0) is 23.4. The van der Waals surface area contributed by atoms with Crippen LogP contribution in [0.15, 0.2) is 90.4 Å². The molecule has 5 nitrogen and oxygen atoms in total. The van der Waals surface area contributed by atoms with E-state index in [1.165, 1.54) is 5.56 Å². The molecule has 2 aromatic rings. The maximum absolute atomic E-state index is 11.1. The molecule has 2 aliphatic heterocycles.